The van der Waals surface area contributed by atoms with E-state index >= 15 is 0 Å². The fraction of sp³-hybridized carbons (Fsp3) is 0.882. The van der Waals surface area contributed by atoms with Gasteiger partial charge in [-0.1, -0.05) is 0 Å². The molecule has 0 rings (SSSR count). The van der Waals surface area contributed by atoms with Gasteiger partial charge in [-0.2, -0.15) is 0 Å². The van der Waals surface area contributed by atoms with E-state index in [-0.39, 0.29) is 0 Å². The van der Waals surface area contributed by atoms with Crippen molar-refractivity contribution in [3.05, 3.63) is 0 Å². The number of ether oxygens (including phenoxy) is 2. The Morgan fingerprint density at radius 3 is 2.29 bits per heavy atom. The van der Waals surface area contributed by atoms with Crippen LogP contribution in [0.2, 0.25) is 0 Å². The highest BCUT2D eigenvalue weighted by atomic mass is 16.6. The van der Waals surface area contributed by atoms with Gasteiger partial charge in [0, 0.05) is 33.4 Å². The maximum Gasteiger partial charge on any atom is 0.408 e. The van der Waals surface area contributed by atoms with Gasteiger partial charge in [0.05, 0.1) is 5.54 Å². The van der Waals surface area contributed by atoms with Gasteiger partial charge in [-0.15, -0.1) is 0 Å². The number of unbranched alkanes of at least 4 members (excludes halogenated alkanes) is 1. The molecule has 0 saturated carbocycles. The van der Waals surface area contributed by atoms with E-state index in [0.29, 0.717) is 12.5 Å². The largest absolute Gasteiger partial charge is 0.444 e. The third-order valence-electron chi connectivity index (χ3n) is 2.97. The van der Waals surface area contributed by atoms with Crippen LogP contribution in [0.1, 0.15) is 54.4 Å². The molecule has 0 spiro atoms. The SMILES string of the molecule is CCOCCCCNC(=NC)NCC(C)(C)NC(=O)OC(C)(C)C. The van der Waals surface area contributed by atoms with Crippen LogP contribution in [-0.4, -0.2) is 56.5 Å². The van der Waals surface area contributed by atoms with Gasteiger partial charge in [-0.3, -0.25) is 4.99 Å². The summed E-state index contributed by atoms with van der Waals surface area (Å²) in [6.45, 7) is 14.3. The Kier molecular flexibility index (Phi) is 10.4. The molecular weight excluding hydrogens is 308 g/mol. The number of alkyl carbamates (subject to hydrolysis) is 1. The summed E-state index contributed by atoms with van der Waals surface area (Å²) in [6.07, 6.45) is 1.61. The van der Waals surface area contributed by atoms with Crippen molar-refractivity contribution in [2.75, 3.05) is 33.4 Å². The Morgan fingerprint density at radius 2 is 1.75 bits per heavy atom. The van der Waals surface area contributed by atoms with Crippen LogP contribution >= 0.6 is 0 Å². The van der Waals surface area contributed by atoms with Crippen LogP contribution in [-0.2, 0) is 9.47 Å². The summed E-state index contributed by atoms with van der Waals surface area (Å²) in [5.41, 5.74) is -0.971. The minimum absolute atomic E-state index is 0.423. The number of nitrogens with one attached hydrogen (secondary N) is 3. The van der Waals surface area contributed by atoms with Crippen LogP contribution in [0, 0.1) is 0 Å². The van der Waals surface area contributed by atoms with Crippen LogP contribution < -0.4 is 16.0 Å². The number of carbonyl (C=O) groups excluding carboxylic acids is 1. The lowest BCUT2D eigenvalue weighted by atomic mass is 10.1. The molecule has 0 aromatic carbocycles. The number of carbonyl (C=O) groups is 1. The highest BCUT2D eigenvalue weighted by Crippen LogP contribution is 2.09. The topological polar surface area (TPSA) is 84.0 Å². The molecule has 1 amide bonds. The molecule has 0 saturated heterocycles. The van der Waals surface area contributed by atoms with Crippen molar-refractivity contribution in [2.24, 2.45) is 4.99 Å². The monoisotopic (exact) mass is 344 g/mol. The first-order valence-corrected chi connectivity index (χ1v) is 8.63. The van der Waals surface area contributed by atoms with Gasteiger partial charge in [-0.25, -0.2) is 4.79 Å². The van der Waals surface area contributed by atoms with Crippen molar-refractivity contribution >= 4 is 12.1 Å². The Labute approximate surface area is 147 Å². The van der Waals surface area contributed by atoms with Crippen molar-refractivity contribution in [1.29, 1.82) is 0 Å². The molecule has 0 heterocycles. The van der Waals surface area contributed by atoms with Crippen LogP contribution in [0.25, 0.3) is 0 Å². The Balaban J connectivity index is 4.10. The molecule has 3 N–H and O–H groups in total. The number of hydrogen-bond donors (Lipinski definition) is 3. The summed E-state index contributed by atoms with van der Waals surface area (Å²) in [6, 6.07) is 0. The van der Waals surface area contributed by atoms with Gasteiger partial charge >= 0.3 is 6.09 Å². The molecule has 0 radical (unpaired) electrons. The van der Waals surface area contributed by atoms with Gasteiger partial charge in [0.25, 0.3) is 0 Å². The van der Waals surface area contributed by atoms with Crippen LogP contribution in [0.3, 0.4) is 0 Å². The normalized spacial score (nSPS) is 12.7. The second kappa shape index (κ2) is 11.1. The zero-order chi connectivity index (χ0) is 18.6. The minimum atomic E-state index is -0.507. The van der Waals surface area contributed by atoms with Crippen LogP contribution in [0.4, 0.5) is 4.79 Å². The van der Waals surface area contributed by atoms with Crippen molar-refractivity contribution in [3.8, 4) is 0 Å². The lowest BCUT2D eigenvalue weighted by Crippen LogP contribution is -2.54. The molecule has 142 valence electrons. The van der Waals surface area contributed by atoms with E-state index in [1.165, 1.54) is 0 Å². The molecular formula is C17H36N4O3. The zero-order valence-electron chi connectivity index (χ0n) is 16.4. The van der Waals surface area contributed by atoms with E-state index in [1.54, 1.807) is 7.05 Å². The second-order valence-electron chi connectivity index (χ2n) is 7.27. The Hall–Kier alpha value is -1.50. The average molecular weight is 345 g/mol. The first-order valence-electron chi connectivity index (χ1n) is 8.63. The predicted molar refractivity (Wildman–Crippen MR) is 98.5 cm³/mol. The number of nitrogens with zero attached hydrogens (tertiary/aromatic N) is 1. The summed E-state index contributed by atoms with van der Waals surface area (Å²) in [5, 5.41) is 9.33. The standard InChI is InChI=1S/C17H36N4O3/c1-8-23-12-10-9-11-19-14(18-7)20-13-17(5,6)21-15(22)24-16(2,3)4/h8-13H2,1-7H3,(H,21,22)(H2,18,19,20). The maximum atomic E-state index is 11.9. The third-order valence-corrected chi connectivity index (χ3v) is 2.97. The summed E-state index contributed by atoms with van der Waals surface area (Å²) in [4.78, 5) is 16.0. The molecule has 0 fully saturated rings. The van der Waals surface area contributed by atoms with Gasteiger partial charge < -0.3 is 25.4 Å². The quantitative estimate of drug-likeness (QED) is 0.339. The molecule has 0 aromatic rings. The molecule has 0 unspecified atom stereocenters. The lowest BCUT2D eigenvalue weighted by Gasteiger charge is -2.29. The highest BCUT2D eigenvalue weighted by molar-refractivity contribution is 5.79. The molecule has 7 nitrogen and oxygen atoms in total. The fourth-order valence-corrected chi connectivity index (χ4v) is 1.83. The lowest BCUT2D eigenvalue weighted by molar-refractivity contribution is 0.0474. The summed E-state index contributed by atoms with van der Waals surface area (Å²) in [5.74, 6) is 0.713. The van der Waals surface area contributed by atoms with Crippen LogP contribution in [0.15, 0.2) is 4.99 Å². The summed E-state index contributed by atoms with van der Waals surface area (Å²) < 4.78 is 10.6. The Bertz CT molecular complexity index is 390. The van der Waals surface area contributed by atoms with Gasteiger partial charge in [0.15, 0.2) is 5.96 Å². The summed E-state index contributed by atoms with van der Waals surface area (Å²) in [7, 11) is 1.73. The van der Waals surface area contributed by atoms with E-state index in [9.17, 15) is 4.79 Å². The third kappa shape index (κ3) is 13.0. The number of hydrogen-bond acceptors (Lipinski definition) is 4. The number of rotatable bonds is 9. The smallest absolute Gasteiger partial charge is 0.408 e. The van der Waals surface area contributed by atoms with Crippen LogP contribution in [0.5, 0.6) is 0 Å². The maximum absolute atomic E-state index is 11.9. The van der Waals surface area contributed by atoms with E-state index in [2.05, 4.69) is 20.9 Å². The first-order chi connectivity index (χ1) is 11.1. The van der Waals surface area contributed by atoms with Gasteiger partial charge in [-0.05, 0) is 54.4 Å². The van der Waals surface area contributed by atoms with Crippen molar-refractivity contribution < 1.29 is 14.3 Å². The fourth-order valence-electron chi connectivity index (χ4n) is 1.83. The average Bonchev–Trinajstić information content (AvgIpc) is 2.43. The first kappa shape index (κ1) is 22.5. The van der Waals surface area contributed by atoms with Crippen molar-refractivity contribution in [2.45, 2.75) is 65.5 Å². The molecule has 24 heavy (non-hydrogen) atoms. The van der Waals surface area contributed by atoms with E-state index < -0.39 is 17.2 Å². The number of aliphatic imine (C=N–C) groups is 1. The van der Waals surface area contributed by atoms with Crippen molar-refractivity contribution in [3.63, 3.8) is 0 Å². The second-order valence-corrected chi connectivity index (χ2v) is 7.27. The summed E-state index contributed by atoms with van der Waals surface area (Å²) >= 11 is 0. The predicted octanol–water partition coefficient (Wildman–Crippen LogP) is 2.27. The zero-order valence-corrected chi connectivity index (χ0v) is 16.4. The van der Waals surface area contributed by atoms with Gasteiger partial charge in [0.2, 0.25) is 0 Å². The molecule has 0 aliphatic heterocycles. The van der Waals surface area contributed by atoms with Gasteiger partial charge in [0.1, 0.15) is 5.60 Å². The highest BCUT2D eigenvalue weighted by Gasteiger charge is 2.24. The molecule has 0 aromatic heterocycles. The molecule has 7 heteroatoms. The van der Waals surface area contributed by atoms with E-state index in [0.717, 1.165) is 32.6 Å². The Morgan fingerprint density at radius 1 is 1.08 bits per heavy atom. The molecule has 0 aliphatic rings. The molecule has 0 atom stereocenters. The molecule has 0 bridgehead atoms. The van der Waals surface area contributed by atoms with E-state index in [1.807, 2.05) is 41.5 Å². The number of guanidine groups is 1. The molecule has 0 aliphatic carbocycles. The minimum Gasteiger partial charge on any atom is -0.444 e. The van der Waals surface area contributed by atoms with E-state index in [4.69, 9.17) is 9.47 Å². The van der Waals surface area contributed by atoms with Crippen molar-refractivity contribution in [1.82, 2.24) is 16.0 Å². The number of amides is 1.